The van der Waals surface area contributed by atoms with Crippen LogP contribution in [-0.2, 0) is 22.4 Å². The molecule has 2 N–H and O–H groups in total. The number of carbonyl (C=O) groups excluding carboxylic acids is 1. The van der Waals surface area contributed by atoms with Crippen LogP contribution in [0.1, 0.15) is 23.3 Å². The number of carboxylic acids is 1. The van der Waals surface area contributed by atoms with Crippen molar-refractivity contribution in [2.75, 3.05) is 0 Å². The van der Waals surface area contributed by atoms with Crippen LogP contribution in [0.15, 0.2) is 46.3 Å². The van der Waals surface area contributed by atoms with Crippen LogP contribution in [0.25, 0.3) is 0 Å². The fourth-order valence-electron chi connectivity index (χ4n) is 2.31. The molecular formula is C17H18BrNO3S. The van der Waals surface area contributed by atoms with Crippen molar-refractivity contribution in [3.8, 4) is 0 Å². The lowest BCUT2D eigenvalue weighted by molar-refractivity contribution is -0.137. The van der Waals surface area contributed by atoms with E-state index in [-0.39, 0.29) is 18.4 Å². The van der Waals surface area contributed by atoms with Gasteiger partial charge in [0.05, 0.1) is 10.2 Å². The summed E-state index contributed by atoms with van der Waals surface area (Å²) in [5.74, 6) is -0.926. The molecule has 0 aliphatic rings. The Morgan fingerprint density at radius 2 is 1.91 bits per heavy atom. The van der Waals surface area contributed by atoms with E-state index in [2.05, 4.69) is 21.2 Å². The van der Waals surface area contributed by atoms with Gasteiger partial charge < -0.3 is 10.4 Å². The van der Waals surface area contributed by atoms with Crippen molar-refractivity contribution in [3.63, 3.8) is 0 Å². The minimum absolute atomic E-state index is 0.0440. The van der Waals surface area contributed by atoms with Gasteiger partial charge >= 0.3 is 5.97 Å². The van der Waals surface area contributed by atoms with E-state index in [1.165, 1.54) is 11.3 Å². The molecule has 0 saturated heterocycles. The number of carbonyl (C=O) groups is 2. The summed E-state index contributed by atoms with van der Waals surface area (Å²) in [4.78, 5) is 24.0. The molecule has 122 valence electrons. The van der Waals surface area contributed by atoms with Gasteiger partial charge in [-0.05, 0) is 46.5 Å². The first-order valence-electron chi connectivity index (χ1n) is 7.32. The highest BCUT2D eigenvalue weighted by molar-refractivity contribution is 9.11. The molecule has 4 nitrogen and oxygen atoms in total. The maximum Gasteiger partial charge on any atom is 0.303 e. The molecule has 0 radical (unpaired) electrons. The van der Waals surface area contributed by atoms with Gasteiger partial charge in [-0.2, -0.15) is 0 Å². The Morgan fingerprint density at radius 3 is 2.52 bits per heavy atom. The molecule has 1 atom stereocenters. The summed E-state index contributed by atoms with van der Waals surface area (Å²) in [7, 11) is 0. The number of halogens is 1. The third-order valence-corrected chi connectivity index (χ3v) is 4.98. The first-order chi connectivity index (χ1) is 11.0. The minimum atomic E-state index is -0.848. The molecule has 1 unspecified atom stereocenters. The van der Waals surface area contributed by atoms with Gasteiger partial charge in [0, 0.05) is 17.3 Å². The topological polar surface area (TPSA) is 66.4 Å². The van der Waals surface area contributed by atoms with Crippen molar-refractivity contribution in [1.82, 2.24) is 5.32 Å². The zero-order valence-electron chi connectivity index (χ0n) is 12.5. The second kappa shape index (κ2) is 8.84. The molecule has 0 aliphatic heterocycles. The lowest BCUT2D eigenvalue weighted by Crippen LogP contribution is -2.37. The second-order valence-electron chi connectivity index (χ2n) is 5.27. The van der Waals surface area contributed by atoms with Gasteiger partial charge in [-0.1, -0.05) is 30.3 Å². The molecule has 1 amide bonds. The van der Waals surface area contributed by atoms with Crippen LogP contribution in [-0.4, -0.2) is 23.0 Å². The zero-order valence-corrected chi connectivity index (χ0v) is 14.9. The van der Waals surface area contributed by atoms with Crippen molar-refractivity contribution < 1.29 is 14.7 Å². The first-order valence-corrected chi connectivity index (χ1v) is 8.93. The molecule has 0 saturated carbocycles. The van der Waals surface area contributed by atoms with Gasteiger partial charge in [-0.15, -0.1) is 11.3 Å². The summed E-state index contributed by atoms with van der Waals surface area (Å²) in [5.41, 5.74) is 1.09. The Morgan fingerprint density at radius 1 is 1.17 bits per heavy atom. The van der Waals surface area contributed by atoms with Crippen LogP contribution in [0.3, 0.4) is 0 Å². The molecule has 0 fully saturated rings. The summed E-state index contributed by atoms with van der Waals surface area (Å²) in [5, 5.41) is 11.9. The molecule has 1 aromatic carbocycles. The Balaban J connectivity index is 1.95. The van der Waals surface area contributed by atoms with Crippen LogP contribution in [0, 0.1) is 0 Å². The summed E-state index contributed by atoms with van der Waals surface area (Å²) in [6.07, 6.45) is 1.41. The van der Waals surface area contributed by atoms with Crippen molar-refractivity contribution in [2.24, 2.45) is 0 Å². The lowest BCUT2D eigenvalue weighted by Gasteiger charge is -2.18. The van der Waals surface area contributed by atoms with E-state index >= 15 is 0 Å². The van der Waals surface area contributed by atoms with Gasteiger partial charge in [0.2, 0.25) is 5.91 Å². The van der Waals surface area contributed by atoms with Crippen molar-refractivity contribution in [1.29, 1.82) is 0 Å². The van der Waals surface area contributed by atoms with Gasteiger partial charge in [-0.3, -0.25) is 9.59 Å². The quantitative estimate of drug-likeness (QED) is 0.716. The third-order valence-electron chi connectivity index (χ3n) is 3.36. The smallest absolute Gasteiger partial charge is 0.303 e. The van der Waals surface area contributed by atoms with E-state index in [4.69, 9.17) is 5.11 Å². The average Bonchev–Trinajstić information content (AvgIpc) is 2.90. The van der Waals surface area contributed by atoms with Gasteiger partial charge in [-0.25, -0.2) is 0 Å². The molecule has 0 spiro atoms. The second-order valence-corrected chi connectivity index (χ2v) is 7.82. The van der Waals surface area contributed by atoms with E-state index in [1.807, 2.05) is 42.5 Å². The fourth-order valence-corrected chi connectivity index (χ4v) is 3.79. The van der Waals surface area contributed by atoms with Gasteiger partial charge in [0.25, 0.3) is 0 Å². The largest absolute Gasteiger partial charge is 0.481 e. The Hall–Kier alpha value is -1.66. The van der Waals surface area contributed by atoms with E-state index in [9.17, 15) is 9.59 Å². The highest BCUT2D eigenvalue weighted by atomic mass is 79.9. The number of aliphatic carboxylic acids is 1. The summed E-state index contributed by atoms with van der Waals surface area (Å²) < 4.78 is 0.993. The molecule has 23 heavy (non-hydrogen) atoms. The summed E-state index contributed by atoms with van der Waals surface area (Å²) >= 11 is 4.91. The van der Waals surface area contributed by atoms with Crippen molar-refractivity contribution in [3.05, 3.63) is 56.7 Å². The number of benzene rings is 1. The third kappa shape index (κ3) is 6.54. The standard InChI is InChI=1S/C17H18BrNO3S/c18-15-8-7-14(23-15)11-16(20)19-13(6-9-17(21)22)10-12-4-2-1-3-5-12/h1-5,7-8,13H,6,9-11H2,(H,19,20)(H,21,22). The van der Waals surface area contributed by atoms with Gasteiger partial charge in [0.15, 0.2) is 0 Å². The SMILES string of the molecule is O=C(O)CCC(Cc1ccccc1)NC(=O)Cc1ccc(Br)s1. The Bertz CT molecular complexity index is 657. The molecule has 6 heteroatoms. The average molecular weight is 396 g/mol. The van der Waals surface area contributed by atoms with E-state index < -0.39 is 5.97 Å². The van der Waals surface area contributed by atoms with Crippen LogP contribution in [0.2, 0.25) is 0 Å². The first kappa shape index (κ1) is 17.7. The predicted molar refractivity (Wildman–Crippen MR) is 94.7 cm³/mol. The number of hydrogen-bond acceptors (Lipinski definition) is 3. The number of carboxylic acid groups (broad SMARTS) is 1. The fraction of sp³-hybridized carbons (Fsp3) is 0.294. The maximum atomic E-state index is 12.2. The molecule has 0 aliphatic carbocycles. The van der Waals surface area contributed by atoms with Crippen molar-refractivity contribution >= 4 is 39.1 Å². The predicted octanol–water partition coefficient (Wildman–Crippen LogP) is 3.65. The van der Waals surface area contributed by atoms with Crippen LogP contribution >= 0.6 is 27.3 Å². The highest BCUT2D eigenvalue weighted by Crippen LogP contribution is 2.22. The molecule has 0 bridgehead atoms. The number of nitrogens with one attached hydrogen (secondary N) is 1. The van der Waals surface area contributed by atoms with Crippen LogP contribution < -0.4 is 5.32 Å². The molecule has 1 aromatic heterocycles. The van der Waals surface area contributed by atoms with Gasteiger partial charge in [0.1, 0.15) is 0 Å². The summed E-state index contributed by atoms with van der Waals surface area (Å²) in [6, 6.07) is 13.4. The van der Waals surface area contributed by atoms with Crippen molar-refractivity contribution in [2.45, 2.75) is 31.7 Å². The Kier molecular flexibility index (Phi) is 6.80. The number of thiophene rings is 1. The Labute approximate surface area is 147 Å². The molecule has 2 rings (SSSR count). The minimum Gasteiger partial charge on any atom is -0.481 e. The maximum absolute atomic E-state index is 12.2. The summed E-state index contributed by atoms with van der Waals surface area (Å²) in [6.45, 7) is 0. The van der Waals surface area contributed by atoms with Crippen LogP contribution in [0.5, 0.6) is 0 Å². The van der Waals surface area contributed by atoms with Crippen LogP contribution in [0.4, 0.5) is 0 Å². The number of hydrogen-bond donors (Lipinski definition) is 2. The lowest BCUT2D eigenvalue weighted by atomic mass is 10.0. The molecule has 2 aromatic rings. The normalized spacial score (nSPS) is 11.9. The van der Waals surface area contributed by atoms with E-state index in [0.717, 1.165) is 14.2 Å². The monoisotopic (exact) mass is 395 g/mol. The molecular weight excluding hydrogens is 378 g/mol. The zero-order chi connectivity index (χ0) is 16.7. The molecule has 1 heterocycles. The highest BCUT2D eigenvalue weighted by Gasteiger charge is 2.15. The van der Waals surface area contributed by atoms with E-state index in [0.29, 0.717) is 19.3 Å². The van der Waals surface area contributed by atoms with E-state index in [1.54, 1.807) is 0 Å². The number of rotatable bonds is 8. The number of amides is 1.